The van der Waals surface area contributed by atoms with Crippen LogP contribution in [0.25, 0.3) is 0 Å². The van der Waals surface area contributed by atoms with Gasteiger partial charge in [-0.15, -0.1) is 11.3 Å². The Bertz CT molecular complexity index is 458. The summed E-state index contributed by atoms with van der Waals surface area (Å²) in [5.41, 5.74) is 9.68. The first-order valence-electron chi connectivity index (χ1n) is 5.04. The minimum Gasteiger partial charge on any atom is -0.467 e. The molecule has 7 nitrogen and oxygen atoms in total. The lowest BCUT2D eigenvalue weighted by Gasteiger charge is -2.25. The summed E-state index contributed by atoms with van der Waals surface area (Å²) in [6.45, 7) is 2.95. The number of carbonyl (C=O) groups excluding carboxylic acids is 2. The summed E-state index contributed by atoms with van der Waals surface area (Å²) in [6.07, 6.45) is -1.15. The molecule has 0 aromatic carbocycles. The topological polar surface area (TPSA) is 118 Å². The highest BCUT2D eigenvalue weighted by molar-refractivity contribution is 7.13. The van der Waals surface area contributed by atoms with E-state index in [9.17, 15) is 9.59 Å². The molecule has 0 saturated heterocycles. The number of nitrogens with two attached hydrogens (primary N) is 2. The van der Waals surface area contributed by atoms with Gasteiger partial charge in [-0.1, -0.05) is 0 Å². The van der Waals surface area contributed by atoms with Crippen LogP contribution in [0.3, 0.4) is 0 Å². The lowest BCUT2D eigenvalue weighted by Crippen LogP contribution is -2.40. The molecule has 100 valence electrons. The first-order chi connectivity index (χ1) is 8.27. The standard InChI is InChI=1S/C10H15N3O4S/c1-10(2,8(15)16-3)17-6(7(11)14)5-4-18-9(12)13-5/h4,6H,1-3H3,(H2,11,14)(H2,12,13). The highest BCUT2D eigenvalue weighted by atomic mass is 32.1. The lowest BCUT2D eigenvalue weighted by atomic mass is 10.1. The largest absolute Gasteiger partial charge is 0.467 e. The van der Waals surface area contributed by atoms with Crippen LogP contribution in [-0.4, -0.2) is 29.6 Å². The molecule has 0 aliphatic rings. The summed E-state index contributed by atoms with van der Waals surface area (Å²) >= 11 is 1.15. The number of esters is 1. The summed E-state index contributed by atoms with van der Waals surface area (Å²) < 4.78 is 9.97. The van der Waals surface area contributed by atoms with Crippen molar-refractivity contribution in [2.45, 2.75) is 25.6 Å². The molecule has 0 spiro atoms. The maximum absolute atomic E-state index is 11.5. The number of aromatic nitrogens is 1. The van der Waals surface area contributed by atoms with E-state index in [0.717, 1.165) is 11.3 Å². The molecule has 1 rings (SSSR count). The molecule has 0 aliphatic heterocycles. The second-order valence-electron chi connectivity index (χ2n) is 4.01. The van der Waals surface area contributed by atoms with Crippen molar-refractivity contribution >= 4 is 28.3 Å². The van der Waals surface area contributed by atoms with Gasteiger partial charge in [0.1, 0.15) is 0 Å². The van der Waals surface area contributed by atoms with E-state index < -0.39 is 23.6 Å². The first kappa shape index (κ1) is 14.4. The molecule has 0 radical (unpaired) electrons. The zero-order valence-electron chi connectivity index (χ0n) is 10.3. The summed E-state index contributed by atoms with van der Waals surface area (Å²) in [5, 5.41) is 1.84. The monoisotopic (exact) mass is 273 g/mol. The van der Waals surface area contributed by atoms with Crippen LogP contribution < -0.4 is 11.5 Å². The Labute approximate surface area is 108 Å². The summed E-state index contributed by atoms with van der Waals surface area (Å²) in [5.74, 6) is -1.37. The molecule has 8 heteroatoms. The number of thiazole rings is 1. The van der Waals surface area contributed by atoms with Gasteiger partial charge in [-0.05, 0) is 13.8 Å². The van der Waals surface area contributed by atoms with E-state index in [0.29, 0.717) is 0 Å². The Balaban J connectivity index is 2.95. The number of anilines is 1. The number of hydrogen-bond acceptors (Lipinski definition) is 7. The van der Waals surface area contributed by atoms with Crippen molar-refractivity contribution in [3.8, 4) is 0 Å². The van der Waals surface area contributed by atoms with Gasteiger partial charge in [-0.2, -0.15) is 0 Å². The van der Waals surface area contributed by atoms with Crippen LogP contribution in [0.2, 0.25) is 0 Å². The molecule has 1 amide bonds. The molecular formula is C10H15N3O4S. The van der Waals surface area contributed by atoms with Gasteiger partial charge in [0.2, 0.25) is 0 Å². The number of ether oxygens (including phenoxy) is 2. The Hall–Kier alpha value is -1.67. The van der Waals surface area contributed by atoms with Crippen molar-refractivity contribution in [2.75, 3.05) is 12.8 Å². The van der Waals surface area contributed by atoms with Crippen molar-refractivity contribution in [3.63, 3.8) is 0 Å². The van der Waals surface area contributed by atoms with E-state index in [1.807, 2.05) is 0 Å². The van der Waals surface area contributed by atoms with Crippen molar-refractivity contribution in [1.82, 2.24) is 4.98 Å². The molecule has 1 aromatic rings. The molecule has 1 heterocycles. The van der Waals surface area contributed by atoms with E-state index in [1.165, 1.54) is 21.0 Å². The smallest absolute Gasteiger partial charge is 0.337 e. The van der Waals surface area contributed by atoms with Crippen LogP contribution in [0.1, 0.15) is 25.6 Å². The maximum atomic E-state index is 11.5. The Morgan fingerprint density at radius 1 is 1.50 bits per heavy atom. The van der Waals surface area contributed by atoms with E-state index in [-0.39, 0.29) is 10.8 Å². The normalized spacial score (nSPS) is 13.1. The predicted molar refractivity (Wildman–Crippen MR) is 65.6 cm³/mol. The Kier molecular flexibility index (Phi) is 4.25. The SMILES string of the molecule is COC(=O)C(C)(C)OC(C(N)=O)c1csc(N)n1. The van der Waals surface area contributed by atoms with E-state index in [2.05, 4.69) is 9.72 Å². The van der Waals surface area contributed by atoms with Gasteiger partial charge in [-0.25, -0.2) is 9.78 Å². The molecular weight excluding hydrogens is 258 g/mol. The van der Waals surface area contributed by atoms with Crippen LogP contribution in [0.4, 0.5) is 5.13 Å². The van der Waals surface area contributed by atoms with Crippen LogP contribution in [0.5, 0.6) is 0 Å². The third-order valence-corrected chi connectivity index (χ3v) is 2.85. The number of nitrogens with zero attached hydrogens (tertiary/aromatic N) is 1. The second kappa shape index (κ2) is 5.32. The highest BCUT2D eigenvalue weighted by Gasteiger charge is 2.36. The minimum absolute atomic E-state index is 0.280. The summed E-state index contributed by atoms with van der Waals surface area (Å²) in [6, 6.07) is 0. The number of amides is 1. The third kappa shape index (κ3) is 3.17. The van der Waals surface area contributed by atoms with E-state index >= 15 is 0 Å². The van der Waals surface area contributed by atoms with E-state index in [1.54, 1.807) is 5.38 Å². The number of carbonyl (C=O) groups is 2. The zero-order valence-corrected chi connectivity index (χ0v) is 11.1. The van der Waals surface area contributed by atoms with Crippen LogP contribution in [-0.2, 0) is 19.1 Å². The molecule has 4 N–H and O–H groups in total. The molecule has 0 fully saturated rings. The quantitative estimate of drug-likeness (QED) is 0.741. The predicted octanol–water partition coefficient (Wildman–Crippen LogP) is 0.220. The molecule has 0 bridgehead atoms. The second-order valence-corrected chi connectivity index (χ2v) is 4.90. The average Bonchev–Trinajstić information content (AvgIpc) is 2.71. The number of primary amides is 1. The van der Waals surface area contributed by atoms with Crippen molar-refractivity contribution < 1.29 is 19.1 Å². The third-order valence-electron chi connectivity index (χ3n) is 2.16. The number of hydrogen-bond donors (Lipinski definition) is 2. The van der Waals surface area contributed by atoms with Crippen molar-refractivity contribution in [2.24, 2.45) is 5.73 Å². The molecule has 0 aliphatic carbocycles. The fourth-order valence-corrected chi connectivity index (χ4v) is 1.85. The van der Waals surface area contributed by atoms with Gasteiger partial charge < -0.3 is 20.9 Å². The minimum atomic E-state index is -1.31. The fourth-order valence-electron chi connectivity index (χ4n) is 1.27. The number of nitrogen functional groups attached to an aromatic ring is 1. The zero-order chi connectivity index (χ0) is 13.9. The molecule has 0 saturated carbocycles. The van der Waals surface area contributed by atoms with Gasteiger partial charge in [0, 0.05) is 5.38 Å². The lowest BCUT2D eigenvalue weighted by molar-refractivity contribution is -0.174. The molecule has 1 atom stereocenters. The number of rotatable bonds is 5. The highest BCUT2D eigenvalue weighted by Crippen LogP contribution is 2.26. The number of methoxy groups -OCH3 is 1. The van der Waals surface area contributed by atoms with Crippen LogP contribution in [0.15, 0.2) is 5.38 Å². The Morgan fingerprint density at radius 3 is 2.50 bits per heavy atom. The average molecular weight is 273 g/mol. The molecule has 18 heavy (non-hydrogen) atoms. The van der Waals surface area contributed by atoms with Crippen molar-refractivity contribution in [3.05, 3.63) is 11.1 Å². The fraction of sp³-hybridized carbons (Fsp3) is 0.500. The van der Waals surface area contributed by atoms with Gasteiger partial charge in [0.15, 0.2) is 16.8 Å². The van der Waals surface area contributed by atoms with Gasteiger partial charge in [0.25, 0.3) is 5.91 Å². The Morgan fingerprint density at radius 2 is 2.11 bits per heavy atom. The van der Waals surface area contributed by atoms with Gasteiger partial charge in [0.05, 0.1) is 12.8 Å². The van der Waals surface area contributed by atoms with Crippen molar-refractivity contribution in [1.29, 1.82) is 0 Å². The van der Waals surface area contributed by atoms with Crippen LogP contribution in [0, 0.1) is 0 Å². The van der Waals surface area contributed by atoms with Gasteiger partial charge in [-0.3, -0.25) is 4.79 Å². The molecule has 1 unspecified atom stereocenters. The maximum Gasteiger partial charge on any atom is 0.337 e. The summed E-state index contributed by atoms with van der Waals surface area (Å²) in [4.78, 5) is 26.8. The summed E-state index contributed by atoms with van der Waals surface area (Å²) in [7, 11) is 1.23. The van der Waals surface area contributed by atoms with Crippen LogP contribution >= 0.6 is 11.3 Å². The first-order valence-corrected chi connectivity index (χ1v) is 5.92. The molecule has 1 aromatic heterocycles. The van der Waals surface area contributed by atoms with Gasteiger partial charge >= 0.3 is 5.97 Å². The van der Waals surface area contributed by atoms with E-state index in [4.69, 9.17) is 16.2 Å².